The fourth-order valence-electron chi connectivity index (χ4n) is 4.15. The minimum Gasteiger partial charge on any atom is -0.372 e. The quantitative estimate of drug-likeness (QED) is 0.310. The van der Waals surface area contributed by atoms with Crippen molar-refractivity contribution in [1.82, 2.24) is 9.78 Å². The molecular weight excluding hydrogens is 416 g/mol. The molecule has 1 aliphatic rings. The molecule has 5 rings (SSSR count). The average molecular weight is 436 g/mol. The van der Waals surface area contributed by atoms with Crippen molar-refractivity contribution in [2.24, 2.45) is 0 Å². The number of nitro groups is 1. The molecule has 1 aromatic heterocycles. The topological polar surface area (TPSA) is 109 Å². The van der Waals surface area contributed by atoms with Crippen molar-refractivity contribution in [3.05, 3.63) is 100 Å². The molecule has 0 amide bonds. The van der Waals surface area contributed by atoms with Gasteiger partial charge in [0.2, 0.25) is 0 Å². The number of rotatable bonds is 5. The van der Waals surface area contributed by atoms with Gasteiger partial charge in [0, 0.05) is 23.3 Å². The highest BCUT2D eigenvalue weighted by molar-refractivity contribution is 5.83. The summed E-state index contributed by atoms with van der Waals surface area (Å²) in [5.74, 6) is 0.762. The predicted molar refractivity (Wildman–Crippen MR) is 126 cm³/mol. The number of benzene rings is 3. The van der Waals surface area contributed by atoms with Crippen LogP contribution in [0.25, 0.3) is 11.3 Å². The monoisotopic (exact) mass is 436 g/mol. The minimum atomic E-state index is -0.401. The van der Waals surface area contributed by atoms with E-state index in [4.69, 9.17) is 5.10 Å². The number of nitrogens with zero attached hydrogens (tertiary/aromatic N) is 4. The van der Waals surface area contributed by atoms with Crippen LogP contribution in [-0.2, 0) is 6.54 Å². The second-order valence-electron chi connectivity index (χ2n) is 7.71. The lowest BCUT2D eigenvalue weighted by Crippen LogP contribution is -2.12. The van der Waals surface area contributed by atoms with E-state index in [-0.39, 0.29) is 10.6 Å². The molecule has 4 aromatic rings. The first-order valence-electron chi connectivity index (χ1n) is 10.6. The summed E-state index contributed by atoms with van der Waals surface area (Å²) < 4.78 is 1.81. The Morgan fingerprint density at radius 2 is 1.79 bits per heavy atom. The summed E-state index contributed by atoms with van der Waals surface area (Å²) in [7, 11) is 0. The molecule has 2 heterocycles. The number of nitrogens with one attached hydrogen (secondary N) is 2. The van der Waals surface area contributed by atoms with Gasteiger partial charge in [-0.15, -0.1) is 0 Å². The molecule has 0 radical (unpaired) electrons. The fourth-order valence-corrected chi connectivity index (χ4v) is 4.15. The zero-order valence-electron chi connectivity index (χ0n) is 17.6. The molecule has 0 spiro atoms. The van der Waals surface area contributed by atoms with E-state index < -0.39 is 6.04 Å². The summed E-state index contributed by atoms with van der Waals surface area (Å²) in [5, 5.41) is 32.6. The highest BCUT2D eigenvalue weighted by Crippen LogP contribution is 2.44. The molecule has 162 valence electrons. The van der Waals surface area contributed by atoms with Gasteiger partial charge in [-0.2, -0.15) is 10.4 Å². The molecule has 3 aromatic carbocycles. The van der Waals surface area contributed by atoms with Gasteiger partial charge in [0.1, 0.15) is 11.5 Å². The van der Waals surface area contributed by atoms with Crippen LogP contribution in [0.1, 0.15) is 23.6 Å². The number of para-hydroxylation sites is 2. The predicted octanol–water partition coefficient (Wildman–Crippen LogP) is 5.63. The molecule has 8 heteroatoms. The molecular formula is C25H20N6O2. The number of hydrogen-bond acceptors (Lipinski definition) is 6. The van der Waals surface area contributed by atoms with Crippen LogP contribution in [0, 0.1) is 21.4 Å². The molecule has 1 aliphatic heterocycles. The molecule has 2 N–H and O–H groups in total. The van der Waals surface area contributed by atoms with E-state index in [1.807, 2.05) is 65.3 Å². The highest BCUT2D eigenvalue weighted by Gasteiger charge is 2.31. The van der Waals surface area contributed by atoms with Gasteiger partial charge in [0.25, 0.3) is 5.69 Å². The van der Waals surface area contributed by atoms with E-state index in [9.17, 15) is 15.4 Å². The van der Waals surface area contributed by atoms with Crippen LogP contribution in [0.4, 0.5) is 22.9 Å². The number of aryl methyl sites for hydroxylation is 1. The Kier molecular flexibility index (Phi) is 5.21. The first-order valence-corrected chi connectivity index (χ1v) is 10.6. The van der Waals surface area contributed by atoms with Crippen molar-refractivity contribution in [2.45, 2.75) is 19.0 Å². The van der Waals surface area contributed by atoms with Crippen LogP contribution in [0.2, 0.25) is 0 Å². The first-order chi connectivity index (χ1) is 16.2. The standard InChI is InChI=1S/C25H20N6O2/c26-14-7-15-30-25-22(24(29-30)17-8-2-1-3-9-17)23(18-10-6-11-19(16-18)31(32)33)27-20-12-4-5-13-21(20)28-25/h1-6,8-13,16,23,27-28H,7,15H2/t23-/m1/s1. The number of nitriles is 1. The third-order valence-corrected chi connectivity index (χ3v) is 5.65. The summed E-state index contributed by atoms with van der Waals surface area (Å²) in [5.41, 5.74) is 5.07. The van der Waals surface area contributed by atoms with Crippen LogP contribution in [0.15, 0.2) is 78.9 Å². The number of hydrogen-bond donors (Lipinski definition) is 2. The Hall–Kier alpha value is -4.64. The van der Waals surface area contributed by atoms with Crippen LogP contribution in [-0.4, -0.2) is 14.7 Å². The second kappa shape index (κ2) is 8.48. The lowest BCUT2D eigenvalue weighted by molar-refractivity contribution is -0.384. The Balaban J connectivity index is 1.77. The molecule has 0 unspecified atom stereocenters. The van der Waals surface area contributed by atoms with E-state index in [0.717, 1.165) is 39.6 Å². The van der Waals surface area contributed by atoms with Crippen LogP contribution >= 0.6 is 0 Å². The van der Waals surface area contributed by atoms with Crippen molar-refractivity contribution in [2.75, 3.05) is 10.6 Å². The Morgan fingerprint density at radius 1 is 1.03 bits per heavy atom. The normalized spacial score (nSPS) is 14.1. The largest absolute Gasteiger partial charge is 0.372 e. The van der Waals surface area contributed by atoms with E-state index in [2.05, 4.69) is 16.7 Å². The molecule has 1 atom stereocenters. The fraction of sp³-hybridized carbons (Fsp3) is 0.120. The average Bonchev–Trinajstić information content (AvgIpc) is 3.10. The van der Waals surface area contributed by atoms with E-state index >= 15 is 0 Å². The maximum Gasteiger partial charge on any atom is 0.269 e. The maximum atomic E-state index is 11.5. The third kappa shape index (κ3) is 3.77. The number of aromatic nitrogens is 2. The summed E-state index contributed by atoms with van der Waals surface area (Å²) >= 11 is 0. The third-order valence-electron chi connectivity index (χ3n) is 5.65. The lowest BCUT2D eigenvalue weighted by atomic mass is 9.95. The molecule has 0 saturated heterocycles. The molecule has 0 fully saturated rings. The second-order valence-corrected chi connectivity index (χ2v) is 7.71. The van der Waals surface area contributed by atoms with E-state index in [0.29, 0.717) is 13.0 Å². The maximum absolute atomic E-state index is 11.5. The minimum absolute atomic E-state index is 0.0273. The summed E-state index contributed by atoms with van der Waals surface area (Å²) in [4.78, 5) is 11.1. The van der Waals surface area contributed by atoms with Gasteiger partial charge in [-0.05, 0) is 17.7 Å². The van der Waals surface area contributed by atoms with Gasteiger partial charge >= 0.3 is 0 Å². The highest BCUT2D eigenvalue weighted by atomic mass is 16.6. The number of fused-ring (bicyclic) bond motifs is 2. The molecule has 0 bridgehead atoms. The van der Waals surface area contributed by atoms with Crippen molar-refractivity contribution >= 4 is 22.9 Å². The van der Waals surface area contributed by atoms with Gasteiger partial charge in [-0.25, -0.2) is 4.68 Å². The van der Waals surface area contributed by atoms with Gasteiger partial charge < -0.3 is 10.6 Å². The molecule has 0 saturated carbocycles. The van der Waals surface area contributed by atoms with Crippen LogP contribution in [0.5, 0.6) is 0 Å². The number of nitro benzene ring substituents is 1. The van der Waals surface area contributed by atoms with Gasteiger partial charge in [0.15, 0.2) is 0 Å². The van der Waals surface area contributed by atoms with E-state index in [1.165, 1.54) is 6.07 Å². The lowest BCUT2D eigenvalue weighted by Gasteiger charge is -2.20. The molecule has 33 heavy (non-hydrogen) atoms. The van der Waals surface area contributed by atoms with Crippen LogP contribution in [0.3, 0.4) is 0 Å². The van der Waals surface area contributed by atoms with Gasteiger partial charge in [-0.1, -0.05) is 54.6 Å². The molecule has 8 nitrogen and oxygen atoms in total. The van der Waals surface area contributed by atoms with E-state index in [1.54, 1.807) is 12.1 Å². The number of non-ortho nitro benzene ring substituents is 1. The zero-order chi connectivity index (χ0) is 22.8. The van der Waals surface area contributed by atoms with Crippen molar-refractivity contribution < 1.29 is 4.92 Å². The first kappa shape index (κ1) is 20.3. The zero-order valence-corrected chi connectivity index (χ0v) is 17.6. The van der Waals surface area contributed by atoms with Crippen molar-refractivity contribution in [3.63, 3.8) is 0 Å². The van der Waals surface area contributed by atoms with Gasteiger partial charge in [0.05, 0.1) is 41.4 Å². The van der Waals surface area contributed by atoms with Crippen LogP contribution < -0.4 is 10.6 Å². The smallest absolute Gasteiger partial charge is 0.269 e. The Morgan fingerprint density at radius 3 is 2.55 bits per heavy atom. The SMILES string of the molecule is N#CCCn1nc(-c2ccccc2)c2c1Nc1ccccc1N[C@@H]2c1cccc([N+](=O)[O-])c1. The Labute approximate surface area is 190 Å². The summed E-state index contributed by atoms with van der Waals surface area (Å²) in [6, 6.07) is 26.1. The van der Waals surface area contributed by atoms with Gasteiger partial charge in [-0.3, -0.25) is 10.1 Å². The molecule has 0 aliphatic carbocycles. The number of anilines is 3. The summed E-state index contributed by atoms with van der Waals surface area (Å²) in [6.45, 7) is 0.419. The van der Waals surface area contributed by atoms with Crippen molar-refractivity contribution in [1.29, 1.82) is 5.26 Å². The van der Waals surface area contributed by atoms with Crippen molar-refractivity contribution in [3.8, 4) is 17.3 Å². The summed E-state index contributed by atoms with van der Waals surface area (Å²) in [6.07, 6.45) is 0.306. The Bertz CT molecular complexity index is 1370.